The van der Waals surface area contributed by atoms with Crippen molar-refractivity contribution in [1.82, 2.24) is 0 Å². The van der Waals surface area contributed by atoms with Crippen LogP contribution in [0.4, 0.5) is 17.1 Å². The lowest BCUT2D eigenvalue weighted by Crippen LogP contribution is -2.44. The smallest absolute Gasteiger partial charge is 0.246 e. The molecule has 1 atom stereocenters. The topological polar surface area (TPSA) is 52.7 Å². The van der Waals surface area contributed by atoms with Crippen LogP contribution in [0.25, 0.3) is 0 Å². The Labute approximate surface area is 141 Å². The molecule has 5 heteroatoms. The largest absolute Gasteiger partial charge is 0.365 e. The SMILES string of the molecule is C[C@@H]1CC(=O)Nc2ccccc2N1C(=O)CN(C)c1ccccc1. The number of rotatable bonds is 3. The Morgan fingerprint density at radius 2 is 1.83 bits per heavy atom. The maximum atomic E-state index is 13.0. The third-order valence-corrected chi connectivity index (χ3v) is 4.20. The summed E-state index contributed by atoms with van der Waals surface area (Å²) < 4.78 is 0. The van der Waals surface area contributed by atoms with Crippen molar-refractivity contribution in [2.75, 3.05) is 28.7 Å². The number of carbonyl (C=O) groups is 2. The first-order chi connectivity index (χ1) is 11.6. The molecule has 1 N–H and O–H groups in total. The number of benzene rings is 2. The second kappa shape index (κ2) is 6.74. The van der Waals surface area contributed by atoms with Crippen LogP contribution in [0, 0.1) is 0 Å². The summed E-state index contributed by atoms with van der Waals surface area (Å²) in [5, 5.41) is 2.88. The fraction of sp³-hybridized carbons (Fsp3) is 0.263. The van der Waals surface area contributed by atoms with Gasteiger partial charge in [-0.25, -0.2) is 0 Å². The highest BCUT2D eigenvalue weighted by molar-refractivity contribution is 6.05. The fourth-order valence-corrected chi connectivity index (χ4v) is 3.02. The van der Waals surface area contributed by atoms with Crippen LogP contribution in [0.5, 0.6) is 0 Å². The number of hydrogen-bond donors (Lipinski definition) is 1. The summed E-state index contributed by atoms with van der Waals surface area (Å²) in [5.41, 5.74) is 2.42. The van der Waals surface area contributed by atoms with Gasteiger partial charge in [-0.15, -0.1) is 0 Å². The van der Waals surface area contributed by atoms with Gasteiger partial charge in [-0.05, 0) is 31.2 Å². The number of amides is 2. The molecule has 1 heterocycles. The molecule has 0 fully saturated rings. The summed E-state index contributed by atoms with van der Waals surface area (Å²) in [6.07, 6.45) is 0.287. The van der Waals surface area contributed by atoms with E-state index in [-0.39, 0.29) is 30.8 Å². The van der Waals surface area contributed by atoms with Gasteiger partial charge in [0.2, 0.25) is 11.8 Å². The first-order valence-corrected chi connectivity index (χ1v) is 8.03. The second-order valence-corrected chi connectivity index (χ2v) is 6.07. The van der Waals surface area contributed by atoms with Gasteiger partial charge in [-0.3, -0.25) is 9.59 Å². The monoisotopic (exact) mass is 323 g/mol. The van der Waals surface area contributed by atoms with Crippen molar-refractivity contribution in [3.63, 3.8) is 0 Å². The molecule has 0 bridgehead atoms. The van der Waals surface area contributed by atoms with Crippen LogP contribution in [-0.4, -0.2) is 31.4 Å². The predicted octanol–water partition coefficient (Wildman–Crippen LogP) is 2.89. The molecular formula is C19H21N3O2. The Morgan fingerprint density at radius 1 is 1.17 bits per heavy atom. The second-order valence-electron chi connectivity index (χ2n) is 6.07. The predicted molar refractivity (Wildman–Crippen MR) is 96.3 cm³/mol. The van der Waals surface area contributed by atoms with Crippen LogP contribution in [0.3, 0.4) is 0 Å². The molecule has 0 unspecified atom stereocenters. The van der Waals surface area contributed by atoms with Crippen molar-refractivity contribution >= 4 is 28.9 Å². The van der Waals surface area contributed by atoms with E-state index in [0.717, 1.165) is 11.4 Å². The molecule has 3 rings (SSSR count). The molecule has 0 spiro atoms. The van der Waals surface area contributed by atoms with Crippen LogP contribution in [0.2, 0.25) is 0 Å². The molecule has 0 saturated carbocycles. The third kappa shape index (κ3) is 3.25. The van der Waals surface area contributed by atoms with Gasteiger partial charge in [0.15, 0.2) is 0 Å². The van der Waals surface area contributed by atoms with Gasteiger partial charge in [0.1, 0.15) is 0 Å². The highest BCUT2D eigenvalue weighted by Crippen LogP contribution is 2.31. The van der Waals surface area contributed by atoms with E-state index in [1.54, 1.807) is 4.90 Å². The number of carbonyl (C=O) groups excluding carboxylic acids is 2. The molecule has 0 aromatic heterocycles. The Kier molecular flexibility index (Phi) is 4.51. The average Bonchev–Trinajstić information content (AvgIpc) is 2.69. The molecule has 24 heavy (non-hydrogen) atoms. The van der Waals surface area contributed by atoms with E-state index < -0.39 is 0 Å². The standard InChI is InChI=1S/C19H21N3O2/c1-14-12-18(23)20-16-10-6-7-11-17(16)22(14)19(24)13-21(2)15-8-4-3-5-9-15/h3-11,14H,12-13H2,1-2H3,(H,20,23)/t14-/m1/s1. The summed E-state index contributed by atoms with van der Waals surface area (Å²) in [7, 11) is 1.89. The van der Waals surface area contributed by atoms with Gasteiger partial charge >= 0.3 is 0 Å². The van der Waals surface area contributed by atoms with Crippen molar-refractivity contribution < 1.29 is 9.59 Å². The summed E-state index contributed by atoms with van der Waals surface area (Å²) in [5.74, 6) is -0.0977. The minimum absolute atomic E-state index is 0.0298. The van der Waals surface area contributed by atoms with E-state index in [9.17, 15) is 9.59 Å². The number of para-hydroxylation sites is 3. The number of anilines is 3. The lowest BCUT2D eigenvalue weighted by atomic mass is 10.1. The van der Waals surface area contributed by atoms with Gasteiger partial charge in [0.05, 0.1) is 17.9 Å². The maximum Gasteiger partial charge on any atom is 0.246 e. The maximum absolute atomic E-state index is 13.0. The minimum atomic E-state index is -0.190. The van der Waals surface area contributed by atoms with Crippen LogP contribution < -0.4 is 15.1 Å². The number of fused-ring (bicyclic) bond motifs is 1. The van der Waals surface area contributed by atoms with Crippen LogP contribution >= 0.6 is 0 Å². The molecule has 124 valence electrons. The van der Waals surface area contributed by atoms with Gasteiger partial charge < -0.3 is 15.1 Å². The fourth-order valence-electron chi connectivity index (χ4n) is 3.02. The van der Waals surface area contributed by atoms with E-state index in [4.69, 9.17) is 0 Å². The molecule has 0 radical (unpaired) electrons. The normalized spacial score (nSPS) is 16.8. The Balaban J connectivity index is 1.86. The van der Waals surface area contributed by atoms with E-state index in [1.165, 1.54) is 0 Å². The highest BCUT2D eigenvalue weighted by atomic mass is 16.2. The molecule has 5 nitrogen and oxygen atoms in total. The molecular weight excluding hydrogens is 302 g/mol. The minimum Gasteiger partial charge on any atom is -0.365 e. The van der Waals surface area contributed by atoms with E-state index in [2.05, 4.69) is 5.32 Å². The molecule has 1 aliphatic rings. The number of nitrogens with one attached hydrogen (secondary N) is 1. The zero-order chi connectivity index (χ0) is 17.1. The van der Waals surface area contributed by atoms with E-state index >= 15 is 0 Å². The Bertz CT molecular complexity index is 745. The first-order valence-electron chi connectivity index (χ1n) is 8.03. The molecule has 2 amide bonds. The highest BCUT2D eigenvalue weighted by Gasteiger charge is 2.29. The molecule has 0 saturated heterocycles. The number of nitrogens with zero attached hydrogens (tertiary/aromatic N) is 2. The average molecular weight is 323 g/mol. The van der Waals surface area contributed by atoms with Crippen LogP contribution in [-0.2, 0) is 9.59 Å². The number of hydrogen-bond acceptors (Lipinski definition) is 3. The Morgan fingerprint density at radius 3 is 2.58 bits per heavy atom. The van der Waals surface area contributed by atoms with Gasteiger partial charge in [-0.2, -0.15) is 0 Å². The van der Waals surface area contributed by atoms with Gasteiger partial charge in [-0.1, -0.05) is 30.3 Å². The van der Waals surface area contributed by atoms with Gasteiger partial charge in [0, 0.05) is 25.2 Å². The van der Waals surface area contributed by atoms with Crippen molar-refractivity contribution in [3.8, 4) is 0 Å². The summed E-state index contributed by atoms with van der Waals surface area (Å²) in [6, 6.07) is 17.0. The lowest BCUT2D eigenvalue weighted by Gasteiger charge is -2.30. The van der Waals surface area contributed by atoms with Gasteiger partial charge in [0.25, 0.3) is 0 Å². The summed E-state index contributed by atoms with van der Waals surface area (Å²) in [4.78, 5) is 28.6. The lowest BCUT2D eigenvalue weighted by molar-refractivity contribution is -0.118. The van der Waals surface area contributed by atoms with E-state index in [1.807, 2.05) is 73.5 Å². The van der Waals surface area contributed by atoms with Crippen LogP contribution in [0.15, 0.2) is 54.6 Å². The molecule has 2 aromatic carbocycles. The van der Waals surface area contributed by atoms with Crippen molar-refractivity contribution in [1.29, 1.82) is 0 Å². The molecule has 1 aliphatic heterocycles. The van der Waals surface area contributed by atoms with E-state index in [0.29, 0.717) is 5.69 Å². The van der Waals surface area contributed by atoms with Crippen molar-refractivity contribution in [2.45, 2.75) is 19.4 Å². The quantitative estimate of drug-likeness (QED) is 0.945. The summed E-state index contributed by atoms with van der Waals surface area (Å²) >= 11 is 0. The Hall–Kier alpha value is -2.82. The van der Waals surface area contributed by atoms with Crippen molar-refractivity contribution in [2.24, 2.45) is 0 Å². The zero-order valence-corrected chi connectivity index (χ0v) is 13.9. The zero-order valence-electron chi connectivity index (χ0n) is 13.9. The van der Waals surface area contributed by atoms with Crippen LogP contribution in [0.1, 0.15) is 13.3 Å². The first kappa shape index (κ1) is 16.1. The molecule has 0 aliphatic carbocycles. The number of likely N-dealkylation sites (N-methyl/N-ethyl adjacent to an activating group) is 1. The third-order valence-electron chi connectivity index (χ3n) is 4.20. The molecule has 2 aromatic rings. The summed E-state index contributed by atoms with van der Waals surface area (Å²) in [6.45, 7) is 2.15. The van der Waals surface area contributed by atoms with Crippen molar-refractivity contribution in [3.05, 3.63) is 54.6 Å².